The summed E-state index contributed by atoms with van der Waals surface area (Å²) in [5, 5.41) is 13.6. The second kappa shape index (κ2) is 7.60. The Hall–Kier alpha value is -5.32. The third-order valence-corrected chi connectivity index (χ3v) is 6.85. The molecular formula is C32H17N3O. The molecule has 0 radical (unpaired) electrons. The first kappa shape index (κ1) is 20.1. The maximum Gasteiger partial charge on any atom is 0.211 e. The average molecular weight is 460 g/mol. The summed E-state index contributed by atoms with van der Waals surface area (Å²) in [4.78, 5) is 3.77. The van der Waals surface area contributed by atoms with Gasteiger partial charge in [-0.05, 0) is 59.7 Å². The number of benzene rings is 5. The fraction of sp³-hybridized carbons (Fsp3) is 0. The SMILES string of the molecule is [C-]#[N+]c1cc(C#N)ccc1-n1c2ccc(-c3ccccc3)cc2c2c3oc4ccccc4c3ccc21. The molecule has 2 aromatic heterocycles. The molecule has 0 aliphatic carbocycles. The number of fused-ring (bicyclic) bond motifs is 7. The molecular weight excluding hydrogens is 442 g/mol. The Morgan fingerprint density at radius 2 is 1.53 bits per heavy atom. The summed E-state index contributed by atoms with van der Waals surface area (Å²) in [7, 11) is 0. The summed E-state index contributed by atoms with van der Waals surface area (Å²) in [6.45, 7) is 7.81. The summed E-state index contributed by atoms with van der Waals surface area (Å²) >= 11 is 0. The lowest BCUT2D eigenvalue weighted by atomic mass is 10.0. The zero-order chi connectivity index (χ0) is 24.2. The minimum atomic E-state index is 0.435. The van der Waals surface area contributed by atoms with Crippen LogP contribution in [0.5, 0.6) is 0 Å². The van der Waals surface area contributed by atoms with Crippen molar-refractivity contribution in [2.45, 2.75) is 0 Å². The molecule has 0 saturated heterocycles. The Kier molecular flexibility index (Phi) is 4.24. The predicted molar refractivity (Wildman–Crippen MR) is 144 cm³/mol. The summed E-state index contributed by atoms with van der Waals surface area (Å²) < 4.78 is 8.56. The monoisotopic (exact) mass is 459 g/mol. The average Bonchev–Trinajstić information content (AvgIpc) is 3.48. The van der Waals surface area contributed by atoms with E-state index >= 15 is 0 Å². The molecule has 0 N–H and O–H groups in total. The number of para-hydroxylation sites is 1. The van der Waals surface area contributed by atoms with Gasteiger partial charge < -0.3 is 8.98 Å². The number of hydrogen-bond donors (Lipinski definition) is 0. The van der Waals surface area contributed by atoms with Crippen LogP contribution < -0.4 is 0 Å². The fourth-order valence-electron chi connectivity index (χ4n) is 5.23. The number of aromatic nitrogens is 1. The third-order valence-electron chi connectivity index (χ3n) is 6.85. The van der Waals surface area contributed by atoms with Gasteiger partial charge in [-0.1, -0.05) is 54.6 Å². The van der Waals surface area contributed by atoms with Crippen LogP contribution in [-0.4, -0.2) is 4.57 Å². The molecule has 7 rings (SSSR count). The molecule has 0 amide bonds. The van der Waals surface area contributed by atoms with Gasteiger partial charge in [-0.15, -0.1) is 0 Å². The summed E-state index contributed by atoms with van der Waals surface area (Å²) in [6, 6.07) is 36.4. The number of nitrogens with zero attached hydrogens (tertiary/aromatic N) is 3. The van der Waals surface area contributed by atoms with Crippen LogP contribution >= 0.6 is 0 Å². The highest BCUT2D eigenvalue weighted by molar-refractivity contribution is 6.24. The Labute approximate surface area is 206 Å². The van der Waals surface area contributed by atoms with Gasteiger partial charge in [0.1, 0.15) is 11.2 Å². The molecule has 0 unspecified atom stereocenters. The summed E-state index contributed by atoms with van der Waals surface area (Å²) in [5.74, 6) is 0. The molecule has 2 heterocycles. The van der Waals surface area contributed by atoms with E-state index < -0.39 is 0 Å². The molecule has 0 aliphatic rings. The Bertz CT molecular complexity index is 2060. The molecule has 0 spiro atoms. The van der Waals surface area contributed by atoms with Gasteiger partial charge in [-0.2, -0.15) is 5.26 Å². The van der Waals surface area contributed by atoms with Crippen molar-refractivity contribution in [2.24, 2.45) is 0 Å². The zero-order valence-corrected chi connectivity index (χ0v) is 19.1. The Morgan fingerprint density at radius 3 is 2.36 bits per heavy atom. The maximum absolute atomic E-state index is 9.38. The molecule has 0 saturated carbocycles. The van der Waals surface area contributed by atoms with E-state index in [1.165, 1.54) is 0 Å². The molecule has 0 fully saturated rings. The van der Waals surface area contributed by atoms with Crippen molar-refractivity contribution in [1.29, 1.82) is 5.26 Å². The first-order valence-corrected chi connectivity index (χ1v) is 11.6. The van der Waals surface area contributed by atoms with Gasteiger partial charge in [0, 0.05) is 21.7 Å². The van der Waals surface area contributed by atoms with Gasteiger partial charge in [0.25, 0.3) is 0 Å². The minimum absolute atomic E-state index is 0.435. The van der Waals surface area contributed by atoms with Crippen molar-refractivity contribution in [1.82, 2.24) is 4.57 Å². The third kappa shape index (κ3) is 2.79. The van der Waals surface area contributed by atoms with Crippen LogP contribution in [0.25, 0.3) is 65.4 Å². The van der Waals surface area contributed by atoms with Gasteiger partial charge >= 0.3 is 0 Å². The van der Waals surface area contributed by atoms with Crippen LogP contribution in [0.4, 0.5) is 5.69 Å². The fourth-order valence-corrected chi connectivity index (χ4v) is 5.23. The highest BCUT2D eigenvalue weighted by Gasteiger charge is 2.20. The molecule has 0 aliphatic heterocycles. The first-order valence-electron chi connectivity index (χ1n) is 11.6. The minimum Gasteiger partial charge on any atom is -0.455 e. The van der Waals surface area contributed by atoms with Gasteiger partial charge in [-0.3, -0.25) is 0 Å². The molecule has 166 valence electrons. The standard InChI is InChI=1S/C32H17N3O/c1-34-26-17-20(19-33)11-14-28(26)35-27-15-12-22(21-7-3-2-4-8-21)18-25(27)31-29(35)16-13-24-23-9-5-6-10-30(23)36-32(24)31/h2-18H. The smallest absolute Gasteiger partial charge is 0.211 e. The second-order valence-corrected chi connectivity index (χ2v) is 8.80. The lowest BCUT2D eigenvalue weighted by molar-refractivity contribution is 0.673. The number of furan rings is 1. The van der Waals surface area contributed by atoms with Crippen molar-refractivity contribution >= 4 is 49.4 Å². The predicted octanol–water partition coefficient (Wildman–Crippen LogP) is 8.77. The highest BCUT2D eigenvalue weighted by atomic mass is 16.3. The quantitative estimate of drug-likeness (QED) is 0.243. The topological polar surface area (TPSA) is 46.2 Å². The van der Waals surface area contributed by atoms with E-state index in [0.717, 1.165) is 60.6 Å². The van der Waals surface area contributed by atoms with Gasteiger partial charge in [0.05, 0.1) is 34.7 Å². The van der Waals surface area contributed by atoms with E-state index in [1.807, 2.05) is 42.5 Å². The number of nitriles is 1. The Morgan fingerprint density at radius 1 is 0.722 bits per heavy atom. The number of rotatable bonds is 2. The van der Waals surface area contributed by atoms with Crippen LogP contribution in [0.1, 0.15) is 5.56 Å². The van der Waals surface area contributed by atoms with E-state index in [2.05, 4.69) is 64.0 Å². The molecule has 36 heavy (non-hydrogen) atoms. The lowest BCUT2D eigenvalue weighted by Crippen LogP contribution is -1.94. The van der Waals surface area contributed by atoms with E-state index in [4.69, 9.17) is 11.0 Å². The largest absolute Gasteiger partial charge is 0.455 e. The molecule has 4 heteroatoms. The molecule has 0 atom stereocenters. The molecule has 0 bridgehead atoms. The summed E-state index contributed by atoms with van der Waals surface area (Å²) in [6.07, 6.45) is 0. The molecule has 7 aromatic rings. The summed E-state index contributed by atoms with van der Waals surface area (Å²) in [5.41, 5.74) is 7.51. The van der Waals surface area contributed by atoms with Crippen molar-refractivity contribution < 1.29 is 4.42 Å². The Balaban J connectivity index is 1.66. The highest BCUT2D eigenvalue weighted by Crippen LogP contribution is 2.43. The zero-order valence-electron chi connectivity index (χ0n) is 19.1. The first-order chi connectivity index (χ1) is 17.8. The van der Waals surface area contributed by atoms with Gasteiger partial charge in [0.15, 0.2) is 0 Å². The molecule has 5 aromatic carbocycles. The van der Waals surface area contributed by atoms with E-state index in [-0.39, 0.29) is 0 Å². The number of hydrogen-bond acceptors (Lipinski definition) is 2. The van der Waals surface area contributed by atoms with Crippen LogP contribution in [-0.2, 0) is 0 Å². The second-order valence-electron chi connectivity index (χ2n) is 8.80. The molecule has 4 nitrogen and oxygen atoms in total. The van der Waals surface area contributed by atoms with Gasteiger partial charge in [-0.25, -0.2) is 4.85 Å². The van der Waals surface area contributed by atoms with Crippen molar-refractivity contribution in [3.63, 3.8) is 0 Å². The van der Waals surface area contributed by atoms with Crippen LogP contribution in [0.15, 0.2) is 108 Å². The van der Waals surface area contributed by atoms with Crippen LogP contribution in [0, 0.1) is 17.9 Å². The van der Waals surface area contributed by atoms with E-state index in [9.17, 15) is 5.26 Å². The van der Waals surface area contributed by atoms with Crippen molar-refractivity contribution in [3.05, 3.63) is 120 Å². The van der Waals surface area contributed by atoms with E-state index in [1.54, 1.807) is 12.1 Å². The van der Waals surface area contributed by atoms with Crippen LogP contribution in [0.2, 0.25) is 0 Å². The van der Waals surface area contributed by atoms with Crippen molar-refractivity contribution in [2.75, 3.05) is 0 Å². The van der Waals surface area contributed by atoms with Crippen molar-refractivity contribution in [3.8, 4) is 22.9 Å². The normalized spacial score (nSPS) is 11.3. The van der Waals surface area contributed by atoms with E-state index in [0.29, 0.717) is 11.3 Å². The lowest BCUT2D eigenvalue weighted by Gasteiger charge is -2.11. The van der Waals surface area contributed by atoms with Gasteiger partial charge in [0.2, 0.25) is 5.69 Å². The maximum atomic E-state index is 9.38. The van der Waals surface area contributed by atoms with Crippen LogP contribution in [0.3, 0.4) is 0 Å².